The Balaban J connectivity index is 0.00000288. The van der Waals surface area contributed by atoms with Crippen LogP contribution in [0.4, 0.5) is 0 Å². The number of hydrogen-bond donors (Lipinski definition) is 2. The van der Waals surface area contributed by atoms with Crippen molar-refractivity contribution in [2.24, 2.45) is 0 Å². The average Bonchev–Trinajstić information content (AvgIpc) is 2.52. The van der Waals surface area contributed by atoms with Gasteiger partial charge in [0, 0.05) is 19.6 Å². The fraction of sp³-hybridized carbons (Fsp3) is 0.278. The summed E-state index contributed by atoms with van der Waals surface area (Å²) in [6, 6.07) is 14.0. The van der Waals surface area contributed by atoms with E-state index >= 15 is 0 Å². The molecule has 2 N–H and O–H groups in total. The Hall–Kier alpha value is -1.53. The first-order valence-corrected chi connectivity index (χ1v) is 7.52. The summed E-state index contributed by atoms with van der Waals surface area (Å²) in [6.07, 6.45) is 1.08. The Labute approximate surface area is 163 Å². The Bertz CT molecular complexity index is 613. The Morgan fingerprint density at radius 2 is 1.29 bits per heavy atom. The topological polar surface area (TPSA) is 83.8 Å². The number of phenols is 2. The molecule has 0 aromatic heterocycles. The van der Waals surface area contributed by atoms with Crippen LogP contribution in [0.15, 0.2) is 48.5 Å². The van der Waals surface area contributed by atoms with Gasteiger partial charge in [0.2, 0.25) is 0 Å². The van der Waals surface area contributed by atoms with E-state index in [1.54, 1.807) is 29.2 Å². The van der Waals surface area contributed by atoms with Crippen LogP contribution in [-0.2, 0) is 17.6 Å². The predicted octanol–water partition coefficient (Wildman–Crippen LogP) is -2.06. The van der Waals surface area contributed by atoms with E-state index in [1.165, 1.54) is 0 Å². The van der Waals surface area contributed by atoms with Crippen LogP contribution in [0.25, 0.3) is 0 Å². The Morgan fingerprint density at radius 1 is 0.875 bits per heavy atom. The third-order valence-electron chi connectivity index (χ3n) is 3.73. The van der Waals surface area contributed by atoms with Crippen LogP contribution in [0, 0.1) is 0 Å². The van der Waals surface area contributed by atoms with E-state index in [0.29, 0.717) is 25.9 Å². The molecule has 0 fully saturated rings. The first kappa shape index (κ1) is 20.5. The number of hydrogen-bond acceptors (Lipinski definition) is 5. The molecule has 0 bridgehead atoms. The van der Waals surface area contributed by atoms with Crippen molar-refractivity contribution < 1.29 is 49.7 Å². The molecular weight excluding hydrogens is 317 g/mol. The second-order valence-corrected chi connectivity index (χ2v) is 5.41. The summed E-state index contributed by atoms with van der Waals surface area (Å²) in [6.45, 7) is 0.791. The van der Waals surface area contributed by atoms with Crippen molar-refractivity contribution >= 4 is 5.97 Å². The number of carboxylic acid groups (broad SMARTS) is 1. The maximum Gasteiger partial charge on any atom is 1.00 e. The zero-order chi connectivity index (χ0) is 16.7. The third-order valence-corrected chi connectivity index (χ3v) is 3.73. The molecule has 0 spiro atoms. The normalized spacial score (nSPS) is 10.4. The van der Waals surface area contributed by atoms with Crippen molar-refractivity contribution in [2.45, 2.75) is 12.8 Å². The molecule has 0 aliphatic rings. The van der Waals surface area contributed by atoms with Crippen LogP contribution in [0.2, 0.25) is 0 Å². The van der Waals surface area contributed by atoms with Gasteiger partial charge in [-0.05, 0) is 36.1 Å². The summed E-state index contributed by atoms with van der Waals surface area (Å²) in [5.74, 6) is -0.720. The average molecular weight is 337 g/mol. The molecule has 2 aromatic rings. The molecule has 0 aliphatic carbocycles. The van der Waals surface area contributed by atoms with E-state index in [2.05, 4.69) is 0 Å². The van der Waals surface area contributed by atoms with E-state index in [1.807, 2.05) is 24.3 Å². The van der Waals surface area contributed by atoms with Crippen LogP contribution in [-0.4, -0.2) is 40.7 Å². The predicted molar refractivity (Wildman–Crippen MR) is 85.1 cm³/mol. The summed E-state index contributed by atoms with van der Waals surface area (Å²) in [7, 11) is 0. The molecule has 0 heterocycles. The largest absolute Gasteiger partial charge is 1.00 e. The summed E-state index contributed by atoms with van der Waals surface area (Å²) < 4.78 is 0. The number of nitrogens with zero attached hydrogens (tertiary/aromatic N) is 1. The number of carboxylic acids is 1. The van der Waals surface area contributed by atoms with Crippen LogP contribution >= 0.6 is 0 Å². The Morgan fingerprint density at radius 3 is 1.67 bits per heavy atom. The maximum atomic E-state index is 10.9. The molecule has 0 amide bonds. The molecule has 6 heteroatoms. The molecule has 2 rings (SSSR count). The molecule has 5 nitrogen and oxygen atoms in total. The van der Waals surface area contributed by atoms with E-state index in [9.17, 15) is 20.1 Å². The fourth-order valence-electron chi connectivity index (χ4n) is 2.45. The molecule has 2 aromatic carbocycles. The van der Waals surface area contributed by atoms with Gasteiger partial charge < -0.3 is 20.1 Å². The first-order chi connectivity index (χ1) is 11.1. The maximum absolute atomic E-state index is 10.9. The van der Waals surface area contributed by atoms with Crippen molar-refractivity contribution in [1.82, 2.24) is 4.90 Å². The van der Waals surface area contributed by atoms with E-state index < -0.39 is 5.97 Å². The van der Waals surface area contributed by atoms with E-state index in [4.69, 9.17) is 0 Å². The first-order valence-electron chi connectivity index (χ1n) is 7.52. The van der Waals surface area contributed by atoms with Gasteiger partial charge in [-0.2, -0.15) is 0 Å². The number of carbonyl (C=O) groups excluding carboxylic acids is 1. The van der Waals surface area contributed by atoms with Crippen molar-refractivity contribution in [3.8, 4) is 11.5 Å². The second-order valence-electron chi connectivity index (χ2n) is 5.41. The van der Waals surface area contributed by atoms with Crippen LogP contribution in [0.5, 0.6) is 11.5 Å². The summed E-state index contributed by atoms with van der Waals surface area (Å²) >= 11 is 0. The van der Waals surface area contributed by atoms with Gasteiger partial charge in [-0.1, -0.05) is 36.4 Å². The van der Waals surface area contributed by atoms with Gasteiger partial charge in [0.1, 0.15) is 11.5 Å². The minimum absolute atomic E-state index is 0. The van der Waals surface area contributed by atoms with Gasteiger partial charge in [0.15, 0.2) is 0 Å². The van der Waals surface area contributed by atoms with Crippen molar-refractivity contribution in [3.63, 3.8) is 0 Å². The molecule has 0 radical (unpaired) electrons. The van der Waals surface area contributed by atoms with E-state index in [-0.39, 0.29) is 47.6 Å². The molecular formula is C18H20NNaO4. The second kappa shape index (κ2) is 10.4. The summed E-state index contributed by atoms with van der Waals surface area (Å²) in [5.41, 5.74) is 1.55. The molecule has 0 unspecified atom stereocenters. The van der Waals surface area contributed by atoms with Crippen molar-refractivity contribution in [2.75, 3.05) is 19.6 Å². The van der Waals surface area contributed by atoms with Gasteiger partial charge in [-0.25, -0.2) is 0 Å². The zero-order valence-corrected chi connectivity index (χ0v) is 15.8. The van der Waals surface area contributed by atoms with Gasteiger partial charge in [0.05, 0.1) is 5.97 Å². The van der Waals surface area contributed by atoms with E-state index in [0.717, 1.165) is 11.1 Å². The zero-order valence-electron chi connectivity index (χ0n) is 13.8. The van der Waals surface area contributed by atoms with Gasteiger partial charge in [0.25, 0.3) is 0 Å². The molecule has 0 aliphatic heterocycles. The molecule has 122 valence electrons. The molecule has 0 saturated carbocycles. The van der Waals surface area contributed by atoms with Gasteiger partial charge >= 0.3 is 29.6 Å². The minimum atomic E-state index is -1.14. The standard InChI is InChI=1S/C18H21NO4.Na/c20-16-7-3-1-5-14(16)9-11-19(13-18(22)23)12-10-15-6-2-4-8-17(15)21;/h1-8,20-21H,9-13H2,(H,22,23);/q;+1/p-1. The number of aliphatic carboxylic acids is 1. The molecule has 0 atom stereocenters. The number of benzene rings is 2. The van der Waals surface area contributed by atoms with Crippen LogP contribution < -0.4 is 34.7 Å². The smallest absolute Gasteiger partial charge is 0.549 e. The van der Waals surface area contributed by atoms with Crippen molar-refractivity contribution in [3.05, 3.63) is 59.7 Å². The SMILES string of the molecule is O=C([O-])CN(CCc1ccccc1O)CCc1ccccc1O.[Na+]. The van der Waals surface area contributed by atoms with Gasteiger partial charge in [-0.15, -0.1) is 0 Å². The van der Waals surface area contributed by atoms with Gasteiger partial charge in [-0.3, -0.25) is 4.90 Å². The number of rotatable bonds is 8. The summed E-state index contributed by atoms with van der Waals surface area (Å²) in [5, 5.41) is 30.5. The minimum Gasteiger partial charge on any atom is -0.549 e. The monoisotopic (exact) mass is 337 g/mol. The van der Waals surface area contributed by atoms with Crippen LogP contribution in [0.3, 0.4) is 0 Å². The molecule has 24 heavy (non-hydrogen) atoms. The quantitative estimate of drug-likeness (QED) is 0.541. The summed E-state index contributed by atoms with van der Waals surface area (Å²) in [4.78, 5) is 12.7. The third kappa shape index (κ3) is 6.53. The van der Waals surface area contributed by atoms with Crippen LogP contribution in [0.1, 0.15) is 11.1 Å². The fourth-order valence-corrected chi connectivity index (χ4v) is 2.45. The number of carbonyl (C=O) groups is 1. The number of para-hydroxylation sites is 2. The van der Waals surface area contributed by atoms with Crippen molar-refractivity contribution in [1.29, 1.82) is 0 Å². The number of aromatic hydroxyl groups is 2. The number of phenolic OH excluding ortho intramolecular Hbond substituents is 2. The molecule has 0 saturated heterocycles. The Kier molecular flexibility index (Phi) is 8.85.